The molecule has 0 fully saturated rings. The topological polar surface area (TPSA) is 55.4 Å². The minimum atomic E-state index is -0.840. The van der Waals surface area contributed by atoms with Crippen LogP contribution in [0.25, 0.3) is 17.2 Å². The van der Waals surface area contributed by atoms with Crippen LogP contribution in [-0.2, 0) is 28.4 Å². The molecule has 0 aromatic heterocycles. The van der Waals surface area contributed by atoms with Crippen LogP contribution in [0.4, 0.5) is 5.69 Å². The number of nitrogens with one attached hydrogen (secondary N) is 1. The molecule has 4 rings (SSSR count). The van der Waals surface area contributed by atoms with Crippen LogP contribution < -0.4 is 10.1 Å². The van der Waals surface area contributed by atoms with Gasteiger partial charge in [0, 0.05) is 29.4 Å². The van der Waals surface area contributed by atoms with Crippen molar-refractivity contribution in [3.63, 3.8) is 0 Å². The van der Waals surface area contributed by atoms with Crippen molar-refractivity contribution >= 4 is 26.1 Å². The van der Waals surface area contributed by atoms with Gasteiger partial charge in [-0.15, -0.1) is 0 Å². The summed E-state index contributed by atoms with van der Waals surface area (Å²) >= 11 is 0. The maximum absolute atomic E-state index is 13.5. The Kier molecular flexibility index (Phi) is 8.83. The van der Waals surface area contributed by atoms with Gasteiger partial charge in [-0.3, -0.25) is 4.79 Å². The van der Waals surface area contributed by atoms with Crippen molar-refractivity contribution in [3.05, 3.63) is 88.0 Å². The van der Waals surface area contributed by atoms with E-state index in [0.29, 0.717) is 24.8 Å². The third-order valence-electron chi connectivity index (χ3n) is 6.72. The molecule has 1 heterocycles. The van der Waals surface area contributed by atoms with E-state index in [1.807, 2.05) is 24.3 Å². The Hall–Kier alpha value is -3.10. The van der Waals surface area contributed by atoms with E-state index in [0.717, 1.165) is 59.4 Å². The van der Waals surface area contributed by atoms with E-state index in [2.05, 4.69) is 62.5 Å². The van der Waals surface area contributed by atoms with E-state index >= 15 is 0 Å². The summed E-state index contributed by atoms with van der Waals surface area (Å²) in [4.78, 5) is 13.5. The van der Waals surface area contributed by atoms with Gasteiger partial charge in [0.1, 0.15) is 5.75 Å². The predicted molar refractivity (Wildman–Crippen MR) is 152 cm³/mol. The van der Waals surface area contributed by atoms with Gasteiger partial charge in [-0.1, -0.05) is 68.7 Å². The molecule has 0 bridgehead atoms. The van der Waals surface area contributed by atoms with Crippen LogP contribution in [0.1, 0.15) is 60.9 Å². The lowest BCUT2D eigenvalue weighted by Crippen LogP contribution is -2.17. The van der Waals surface area contributed by atoms with Crippen LogP contribution in [0.2, 0.25) is 0 Å². The van der Waals surface area contributed by atoms with E-state index in [1.165, 1.54) is 16.7 Å². The van der Waals surface area contributed by atoms with Gasteiger partial charge in [0.05, 0.1) is 15.1 Å². The Labute approximate surface area is 216 Å². The number of rotatable bonds is 9. The van der Waals surface area contributed by atoms with Crippen molar-refractivity contribution in [2.45, 2.75) is 59.0 Å². The van der Waals surface area contributed by atoms with Crippen LogP contribution >= 0.6 is 8.46 Å². The van der Waals surface area contributed by atoms with Gasteiger partial charge < -0.3 is 14.6 Å². The molecule has 188 valence electrons. The predicted octanol–water partition coefficient (Wildman–Crippen LogP) is 7.63. The molecule has 1 aliphatic rings. The minimum absolute atomic E-state index is 0.0887. The largest absolute Gasteiger partial charge is 0.493 e. The molecule has 1 unspecified atom stereocenters. The third-order valence-corrected chi connectivity index (χ3v) is 7.33. The quantitative estimate of drug-likeness (QED) is 0.307. The molecule has 0 spiro atoms. The average Bonchev–Trinajstić information content (AvgIpc) is 3.10. The van der Waals surface area contributed by atoms with Crippen molar-refractivity contribution in [1.82, 2.24) is 0 Å². The SMILES string of the molecule is CCCc1c(C[PH2]=O)ccc(NC(=O)C2=Cc3cc(-c4ccc(C)cc4)ccc3OCC2)c1CCC. The first kappa shape index (κ1) is 26.0. The molecule has 1 atom stereocenters. The van der Waals surface area contributed by atoms with E-state index in [9.17, 15) is 9.36 Å². The first-order valence-corrected chi connectivity index (χ1v) is 14.3. The summed E-state index contributed by atoms with van der Waals surface area (Å²) in [6, 6.07) is 18.6. The van der Waals surface area contributed by atoms with Gasteiger partial charge in [-0.25, -0.2) is 0 Å². The Bertz CT molecular complexity index is 1280. The third kappa shape index (κ3) is 5.99. The number of amides is 1. The number of anilines is 1. The molecular weight excluding hydrogens is 465 g/mol. The second-order valence-corrected chi connectivity index (χ2v) is 10.2. The number of fused-ring (bicyclic) bond motifs is 1. The molecule has 0 aliphatic carbocycles. The average molecular weight is 502 g/mol. The molecular formula is C31H36NO3P. The summed E-state index contributed by atoms with van der Waals surface area (Å²) in [7, 11) is -0.840. The Morgan fingerprint density at radius 3 is 2.39 bits per heavy atom. The monoisotopic (exact) mass is 501 g/mol. The molecule has 5 heteroatoms. The highest BCUT2D eigenvalue weighted by Crippen LogP contribution is 2.33. The number of hydrogen-bond acceptors (Lipinski definition) is 3. The van der Waals surface area contributed by atoms with Gasteiger partial charge >= 0.3 is 0 Å². The second kappa shape index (κ2) is 12.2. The Morgan fingerprint density at radius 1 is 0.944 bits per heavy atom. The van der Waals surface area contributed by atoms with Crippen molar-refractivity contribution in [2.75, 3.05) is 11.9 Å². The van der Waals surface area contributed by atoms with Crippen LogP contribution in [-0.4, -0.2) is 12.5 Å². The standard InChI is InChI=1S/C31H36NO3P/c1-4-6-27-25(20-36-34)12-14-29(28(27)7-5-2)32-31(33)24-16-17-35-30-15-13-23(18-26(30)19-24)22-10-8-21(3)9-11-22/h8-15,18-19H,4-7,16-17,20,36H2,1-3H3,(H,32,33). The van der Waals surface area contributed by atoms with Crippen LogP contribution in [0.15, 0.2) is 60.2 Å². The maximum Gasteiger partial charge on any atom is 0.251 e. The summed E-state index contributed by atoms with van der Waals surface area (Å²) in [5.74, 6) is 0.712. The zero-order chi connectivity index (χ0) is 25.5. The fraction of sp³-hybridized carbons (Fsp3) is 0.323. The van der Waals surface area contributed by atoms with Crippen molar-refractivity contribution in [2.24, 2.45) is 0 Å². The summed E-state index contributed by atoms with van der Waals surface area (Å²) in [6.07, 6.45) is 6.94. The lowest BCUT2D eigenvalue weighted by Gasteiger charge is -2.19. The summed E-state index contributed by atoms with van der Waals surface area (Å²) in [5, 5.41) is 3.21. The second-order valence-electron chi connectivity index (χ2n) is 9.44. The van der Waals surface area contributed by atoms with E-state index < -0.39 is 8.46 Å². The van der Waals surface area contributed by atoms with Crippen molar-refractivity contribution in [3.8, 4) is 16.9 Å². The van der Waals surface area contributed by atoms with Gasteiger partial charge in [0.15, 0.2) is 0 Å². The van der Waals surface area contributed by atoms with Crippen molar-refractivity contribution < 1.29 is 14.1 Å². The Balaban J connectivity index is 1.65. The van der Waals surface area contributed by atoms with Crippen LogP contribution in [0.5, 0.6) is 5.75 Å². The number of carbonyl (C=O) groups is 1. The molecule has 0 radical (unpaired) electrons. The normalized spacial score (nSPS) is 13.1. The van der Waals surface area contributed by atoms with E-state index in [1.54, 1.807) is 0 Å². The van der Waals surface area contributed by atoms with Crippen LogP contribution in [0.3, 0.4) is 0 Å². The molecule has 1 amide bonds. The molecule has 1 aliphatic heterocycles. The molecule has 4 nitrogen and oxygen atoms in total. The number of ether oxygens (including phenoxy) is 1. The van der Waals surface area contributed by atoms with Gasteiger partial charge in [-0.2, -0.15) is 0 Å². The fourth-order valence-electron chi connectivity index (χ4n) is 4.87. The first-order valence-electron chi connectivity index (χ1n) is 13.0. The summed E-state index contributed by atoms with van der Waals surface area (Å²) < 4.78 is 17.4. The number of carbonyl (C=O) groups excluding carboxylic acids is 1. The highest BCUT2D eigenvalue weighted by molar-refractivity contribution is 7.22. The van der Waals surface area contributed by atoms with Gasteiger partial charge in [0.2, 0.25) is 0 Å². The number of aryl methyl sites for hydroxylation is 1. The lowest BCUT2D eigenvalue weighted by molar-refractivity contribution is -0.113. The highest BCUT2D eigenvalue weighted by Gasteiger charge is 2.19. The summed E-state index contributed by atoms with van der Waals surface area (Å²) in [5.41, 5.74) is 9.56. The highest BCUT2D eigenvalue weighted by atomic mass is 31.1. The zero-order valence-corrected chi connectivity index (χ0v) is 22.7. The zero-order valence-electron chi connectivity index (χ0n) is 21.5. The van der Waals surface area contributed by atoms with Crippen molar-refractivity contribution in [1.29, 1.82) is 0 Å². The molecule has 36 heavy (non-hydrogen) atoms. The number of benzene rings is 3. The van der Waals surface area contributed by atoms with Gasteiger partial charge in [-0.05, 0) is 71.9 Å². The fourth-order valence-corrected chi connectivity index (χ4v) is 5.43. The lowest BCUT2D eigenvalue weighted by atomic mass is 9.93. The van der Waals surface area contributed by atoms with E-state index in [-0.39, 0.29) is 5.91 Å². The smallest absolute Gasteiger partial charge is 0.251 e. The van der Waals surface area contributed by atoms with E-state index in [4.69, 9.17) is 4.74 Å². The number of hydrogen-bond donors (Lipinski definition) is 1. The molecule has 3 aromatic carbocycles. The van der Waals surface area contributed by atoms with Crippen LogP contribution in [0, 0.1) is 6.92 Å². The molecule has 0 saturated heterocycles. The molecule has 3 aromatic rings. The minimum Gasteiger partial charge on any atom is -0.493 e. The Morgan fingerprint density at radius 2 is 1.67 bits per heavy atom. The summed E-state index contributed by atoms with van der Waals surface area (Å²) in [6.45, 7) is 6.86. The molecule has 1 N–H and O–H groups in total. The maximum atomic E-state index is 13.5. The van der Waals surface area contributed by atoms with Gasteiger partial charge in [0.25, 0.3) is 5.91 Å². The first-order chi connectivity index (χ1) is 17.5. The molecule has 0 saturated carbocycles.